The van der Waals surface area contributed by atoms with Gasteiger partial charge in [0.2, 0.25) is 0 Å². The Morgan fingerprint density at radius 2 is 1.92 bits per heavy atom. The van der Waals surface area contributed by atoms with Crippen LogP contribution in [0.25, 0.3) is 5.57 Å². The van der Waals surface area contributed by atoms with Crippen molar-refractivity contribution >= 4 is 51.4 Å². The van der Waals surface area contributed by atoms with Crippen LogP contribution < -0.4 is 4.90 Å². The van der Waals surface area contributed by atoms with E-state index < -0.39 is 0 Å². The van der Waals surface area contributed by atoms with Gasteiger partial charge in [0, 0.05) is 12.1 Å². The molecule has 0 atom stereocenters. The minimum atomic E-state index is -0.269. The topological polar surface area (TPSA) is 53.8 Å². The SMILES string of the molecule is C=CCN1C(=O)/C(=C2\SC(=S)N(Cc3ccco3)C2=O)c2ccccc21. The Balaban J connectivity index is 1.77. The van der Waals surface area contributed by atoms with Crippen LogP contribution in [-0.4, -0.2) is 27.6 Å². The molecule has 2 aromatic rings. The molecule has 2 amide bonds. The molecule has 0 radical (unpaired) electrons. The van der Waals surface area contributed by atoms with Gasteiger partial charge in [0.15, 0.2) is 0 Å². The number of furan rings is 1. The molecule has 5 nitrogen and oxygen atoms in total. The predicted molar refractivity (Wildman–Crippen MR) is 105 cm³/mol. The second kappa shape index (κ2) is 6.59. The van der Waals surface area contributed by atoms with Crippen molar-refractivity contribution in [2.45, 2.75) is 6.54 Å². The molecular formula is C19H14N2O3S2. The zero-order valence-corrected chi connectivity index (χ0v) is 15.3. The first kappa shape index (κ1) is 16.8. The smallest absolute Gasteiger partial charge is 0.267 e. The molecule has 0 saturated carbocycles. The number of benzene rings is 1. The Morgan fingerprint density at radius 1 is 1.12 bits per heavy atom. The fourth-order valence-corrected chi connectivity index (χ4v) is 4.38. The number of amides is 2. The quantitative estimate of drug-likeness (QED) is 0.460. The highest BCUT2D eigenvalue weighted by Gasteiger charge is 2.41. The zero-order valence-electron chi connectivity index (χ0n) is 13.7. The molecule has 1 saturated heterocycles. The van der Waals surface area contributed by atoms with Gasteiger partial charge in [-0.15, -0.1) is 6.58 Å². The van der Waals surface area contributed by atoms with Crippen LogP contribution in [0, 0.1) is 0 Å². The van der Waals surface area contributed by atoms with Crippen molar-refractivity contribution in [2.75, 3.05) is 11.4 Å². The molecule has 1 aromatic carbocycles. The van der Waals surface area contributed by atoms with Crippen LogP contribution in [0.1, 0.15) is 11.3 Å². The molecule has 2 aliphatic rings. The van der Waals surface area contributed by atoms with E-state index in [1.807, 2.05) is 24.3 Å². The Morgan fingerprint density at radius 3 is 2.65 bits per heavy atom. The molecule has 1 aromatic heterocycles. The van der Waals surface area contributed by atoms with E-state index in [0.29, 0.717) is 27.1 Å². The van der Waals surface area contributed by atoms with Gasteiger partial charge in [0.05, 0.1) is 29.0 Å². The summed E-state index contributed by atoms with van der Waals surface area (Å²) in [6.45, 7) is 4.35. The fourth-order valence-electron chi connectivity index (χ4n) is 3.05. The lowest BCUT2D eigenvalue weighted by Crippen LogP contribution is -2.29. The first-order chi connectivity index (χ1) is 12.6. The molecule has 7 heteroatoms. The molecule has 3 heterocycles. The summed E-state index contributed by atoms with van der Waals surface area (Å²) < 4.78 is 5.73. The van der Waals surface area contributed by atoms with E-state index >= 15 is 0 Å². The maximum absolute atomic E-state index is 13.0. The number of thioether (sulfide) groups is 1. The summed E-state index contributed by atoms with van der Waals surface area (Å²) in [5.74, 6) is 0.165. The van der Waals surface area contributed by atoms with Crippen LogP contribution in [0.5, 0.6) is 0 Å². The van der Waals surface area contributed by atoms with Crippen LogP contribution in [0.4, 0.5) is 5.69 Å². The molecule has 0 unspecified atom stereocenters. The van der Waals surface area contributed by atoms with Gasteiger partial charge in [0.25, 0.3) is 11.8 Å². The maximum atomic E-state index is 13.0. The lowest BCUT2D eigenvalue weighted by molar-refractivity contribution is -0.123. The van der Waals surface area contributed by atoms with Crippen molar-refractivity contribution in [3.05, 3.63) is 71.5 Å². The van der Waals surface area contributed by atoms with Gasteiger partial charge >= 0.3 is 0 Å². The summed E-state index contributed by atoms with van der Waals surface area (Å²) in [5.41, 5.74) is 1.93. The van der Waals surface area contributed by atoms with Crippen LogP contribution in [0.3, 0.4) is 0 Å². The Kier molecular flexibility index (Phi) is 4.26. The van der Waals surface area contributed by atoms with E-state index in [1.54, 1.807) is 29.4 Å². The van der Waals surface area contributed by atoms with E-state index in [1.165, 1.54) is 4.90 Å². The monoisotopic (exact) mass is 382 g/mol. The zero-order chi connectivity index (χ0) is 18.3. The number of carbonyl (C=O) groups excluding carboxylic acids is 2. The van der Waals surface area contributed by atoms with Crippen molar-refractivity contribution < 1.29 is 14.0 Å². The van der Waals surface area contributed by atoms with E-state index in [2.05, 4.69) is 6.58 Å². The first-order valence-electron chi connectivity index (χ1n) is 7.94. The van der Waals surface area contributed by atoms with E-state index in [-0.39, 0.29) is 18.4 Å². The Labute approximate surface area is 160 Å². The van der Waals surface area contributed by atoms with Crippen molar-refractivity contribution in [1.29, 1.82) is 0 Å². The number of nitrogens with zero attached hydrogens (tertiary/aromatic N) is 2. The molecule has 0 N–H and O–H groups in total. The van der Waals surface area contributed by atoms with Crippen LogP contribution in [-0.2, 0) is 16.1 Å². The van der Waals surface area contributed by atoms with Crippen LogP contribution >= 0.6 is 24.0 Å². The highest BCUT2D eigenvalue weighted by Crippen LogP contribution is 2.44. The van der Waals surface area contributed by atoms with Crippen LogP contribution in [0.15, 0.2) is 64.6 Å². The van der Waals surface area contributed by atoms with E-state index in [9.17, 15) is 9.59 Å². The highest BCUT2D eigenvalue weighted by atomic mass is 32.2. The standard InChI is InChI=1S/C19H14N2O3S2/c1-2-9-20-14-8-4-3-7-13(14)15(17(20)22)16-18(23)21(19(25)26-16)11-12-6-5-10-24-12/h2-8,10H,1,9,11H2/b16-15-. The third-order valence-electron chi connectivity index (χ3n) is 4.21. The van der Waals surface area contributed by atoms with Crippen LogP contribution in [0.2, 0.25) is 0 Å². The minimum Gasteiger partial charge on any atom is -0.467 e. The minimum absolute atomic E-state index is 0.204. The maximum Gasteiger partial charge on any atom is 0.267 e. The number of anilines is 1. The average Bonchev–Trinajstić information content (AvgIpc) is 3.31. The molecule has 4 rings (SSSR count). The number of thiocarbonyl (C=S) groups is 1. The molecule has 0 spiro atoms. The number of para-hydroxylation sites is 1. The number of carbonyl (C=O) groups is 2. The molecule has 2 aliphatic heterocycles. The lowest BCUT2D eigenvalue weighted by atomic mass is 10.1. The van der Waals surface area contributed by atoms with Gasteiger partial charge in [0.1, 0.15) is 10.1 Å². The molecule has 130 valence electrons. The van der Waals surface area contributed by atoms with Gasteiger partial charge < -0.3 is 9.32 Å². The molecule has 26 heavy (non-hydrogen) atoms. The first-order valence-corrected chi connectivity index (χ1v) is 9.16. The van der Waals surface area contributed by atoms with Crippen molar-refractivity contribution in [3.8, 4) is 0 Å². The Bertz CT molecular complexity index is 963. The normalized spacial score (nSPS) is 19.5. The fraction of sp³-hybridized carbons (Fsp3) is 0.105. The van der Waals surface area contributed by atoms with Crippen molar-refractivity contribution in [3.63, 3.8) is 0 Å². The lowest BCUT2D eigenvalue weighted by Gasteiger charge is -2.14. The number of hydrogen-bond acceptors (Lipinski definition) is 5. The number of fused-ring (bicyclic) bond motifs is 1. The van der Waals surface area contributed by atoms with Gasteiger partial charge in [-0.25, -0.2) is 0 Å². The summed E-state index contributed by atoms with van der Waals surface area (Å²) >= 11 is 6.53. The summed E-state index contributed by atoms with van der Waals surface area (Å²) in [6, 6.07) is 11.0. The molecular weight excluding hydrogens is 368 g/mol. The average molecular weight is 382 g/mol. The molecule has 1 fully saturated rings. The van der Waals surface area contributed by atoms with E-state index in [0.717, 1.165) is 23.0 Å². The largest absolute Gasteiger partial charge is 0.467 e. The van der Waals surface area contributed by atoms with Gasteiger partial charge in [-0.1, -0.05) is 48.3 Å². The third kappa shape index (κ3) is 2.60. The van der Waals surface area contributed by atoms with Gasteiger partial charge in [-0.2, -0.15) is 0 Å². The summed E-state index contributed by atoms with van der Waals surface area (Å²) in [4.78, 5) is 29.4. The second-order valence-corrected chi connectivity index (χ2v) is 7.41. The molecule has 0 bridgehead atoms. The number of rotatable bonds is 4. The predicted octanol–water partition coefficient (Wildman–Crippen LogP) is 3.58. The second-order valence-electron chi connectivity index (χ2n) is 5.76. The van der Waals surface area contributed by atoms with Crippen molar-refractivity contribution in [1.82, 2.24) is 4.90 Å². The number of hydrogen-bond donors (Lipinski definition) is 0. The molecule has 0 aliphatic carbocycles. The summed E-state index contributed by atoms with van der Waals surface area (Å²) in [6.07, 6.45) is 3.22. The van der Waals surface area contributed by atoms with Gasteiger partial charge in [-0.05, 0) is 18.2 Å². The van der Waals surface area contributed by atoms with Gasteiger partial charge in [-0.3, -0.25) is 14.5 Å². The van der Waals surface area contributed by atoms with Crippen molar-refractivity contribution in [2.24, 2.45) is 0 Å². The summed E-state index contributed by atoms with van der Waals surface area (Å²) in [5, 5.41) is 0. The van der Waals surface area contributed by atoms with E-state index in [4.69, 9.17) is 16.6 Å². The Hall–Kier alpha value is -2.64. The third-order valence-corrected chi connectivity index (χ3v) is 5.65. The summed E-state index contributed by atoms with van der Waals surface area (Å²) in [7, 11) is 0. The highest BCUT2D eigenvalue weighted by molar-refractivity contribution is 8.26.